The molecule has 0 spiro atoms. The Morgan fingerprint density at radius 2 is 0.682 bits per heavy atom. The van der Waals surface area contributed by atoms with Gasteiger partial charge in [-0.3, -0.25) is 0 Å². The molecule has 0 atom stereocenters. The van der Waals surface area contributed by atoms with Gasteiger partial charge in [-0.25, -0.2) is 0 Å². The van der Waals surface area contributed by atoms with Crippen LogP contribution in [0.4, 0.5) is 11.4 Å². The second-order valence-electron chi connectivity index (χ2n) is 11.0. The summed E-state index contributed by atoms with van der Waals surface area (Å²) in [7, 11) is 0. The van der Waals surface area contributed by atoms with E-state index in [1.54, 1.807) is 0 Å². The van der Waals surface area contributed by atoms with Crippen molar-refractivity contribution in [2.75, 3.05) is 36.0 Å². The standard InChI is InChI=1S/C42H44N2/c1-5-43(6-2)39-27-23-37(24-28-39)41(35-15-11-9-12-16-35)31-33-19-21-34(22-20-33)32-42(36-17-13-10-14-18-36)38-25-29-40(30-26-38)44(7-3)8-4/h9-32H,5-8H2,1-4H3/b41-31+,42-32+. The molecular formula is C42H44N2. The molecule has 2 nitrogen and oxygen atoms in total. The van der Waals surface area contributed by atoms with E-state index in [9.17, 15) is 0 Å². The monoisotopic (exact) mass is 576 g/mol. The number of anilines is 2. The molecule has 0 bridgehead atoms. The zero-order valence-electron chi connectivity index (χ0n) is 26.6. The summed E-state index contributed by atoms with van der Waals surface area (Å²) in [4.78, 5) is 4.76. The average molecular weight is 577 g/mol. The number of hydrogen-bond acceptors (Lipinski definition) is 2. The average Bonchev–Trinajstić information content (AvgIpc) is 3.09. The van der Waals surface area contributed by atoms with Crippen LogP contribution in [0.2, 0.25) is 0 Å². The highest BCUT2D eigenvalue weighted by molar-refractivity contribution is 5.93. The molecule has 5 aromatic carbocycles. The van der Waals surface area contributed by atoms with Gasteiger partial charge in [0.1, 0.15) is 0 Å². The van der Waals surface area contributed by atoms with E-state index in [1.807, 2.05) is 0 Å². The third kappa shape index (κ3) is 7.38. The van der Waals surface area contributed by atoms with E-state index >= 15 is 0 Å². The van der Waals surface area contributed by atoms with Crippen molar-refractivity contribution in [1.82, 2.24) is 0 Å². The normalized spacial score (nSPS) is 11.8. The molecule has 0 N–H and O–H groups in total. The molecule has 0 amide bonds. The van der Waals surface area contributed by atoms with E-state index in [4.69, 9.17) is 0 Å². The molecule has 0 fully saturated rings. The predicted molar refractivity (Wildman–Crippen MR) is 193 cm³/mol. The van der Waals surface area contributed by atoms with Crippen molar-refractivity contribution in [2.24, 2.45) is 0 Å². The zero-order valence-corrected chi connectivity index (χ0v) is 26.6. The Kier molecular flexibility index (Phi) is 10.5. The Hall–Kier alpha value is -4.82. The van der Waals surface area contributed by atoms with Gasteiger partial charge < -0.3 is 9.80 Å². The molecule has 0 radical (unpaired) electrons. The molecule has 0 saturated carbocycles. The van der Waals surface area contributed by atoms with Crippen LogP contribution in [0.15, 0.2) is 133 Å². The Morgan fingerprint density at radius 3 is 0.977 bits per heavy atom. The van der Waals surface area contributed by atoms with Crippen molar-refractivity contribution in [1.29, 1.82) is 0 Å². The first kappa shape index (κ1) is 30.6. The predicted octanol–water partition coefficient (Wildman–Crippen LogP) is 10.6. The Bertz CT molecular complexity index is 1510. The third-order valence-electron chi connectivity index (χ3n) is 8.34. The van der Waals surface area contributed by atoms with E-state index in [2.05, 4.69) is 183 Å². The van der Waals surface area contributed by atoms with Gasteiger partial charge in [-0.2, -0.15) is 0 Å². The molecule has 5 rings (SSSR count). The summed E-state index contributed by atoms with van der Waals surface area (Å²) < 4.78 is 0. The van der Waals surface area contributed by atoms with E-state index in [-0.39, 0.29) is 0 Å². The molecule has 0 aromatic heterocycles. The van der Waals surface area contributed by atoms with Crippen molar-refractivity contribution in [3.63, 3.8) is 0 Å². The van der Waals surface area contributed by atoms with Gasteiger partial charge in [-0.15, -0.1) is 0 Å². The van der Waals surface area contributed by atoms with E-state index in [0.717, 1.165) is 26.2 Å². The fraction of sp³-hybridized carbons (Fsp3) is 0.190. The van der Waals surface area contributed by atoms with Crippen LogP contribution >= 0.6 is 0 Å². The first-order valence-electron chi connectivity index (χ1n) is 16.0. The molecule has 0 aliphatic rings. The van der Waals surface area contributed by atoms with Crippen LogP contribution in [0.3, 0.4) is 0 Å². The van der Waals surface area contributed by atoms with E-state index in [0.29, 0.717) is 0 Å². The molecule has 0 saturated heterocycles. The minimum atomic E-state index is 1.01. The molecular weight excluding hydrogens is 532 g/mol. The molecule has 0 aliphatic heterocycles. The first-order chi connectivity index (χ1) is 21.6. The second kappa shape index (κ2) is 15.1. The van der Waals surface area contributed by atoms with Gasteiger partial charge in [0.05, 0.1) is 0 Å². The van der Waals surface area contributed by atoms with Crippen LogP contribution < -0.4 is 9.80 Å². The maximum atomic E-state index is 2.38. The van der Waals surface area contributed by atoms with Crippen molar-refractivity contribution in [3.05, 3.63) is 167 Å². The third-order valence-corrected chi connectivity index (χ3v) is 8.34. The number of hydrogen-bond donors (Lipinski definition) is 0. The summed E-state index contributed by atoms with van der Waals surface area (Å²) in [5.74, 6) is 0. The highest BCUT2D eigenvalue weighted by Gasteiger charge is 2.10. The van der Waals surface area contributed by atoms with Gasteiger partial charge in [0.2, 0.25) is 0 Å². The van der Waals surface area contributed by atoms with Gasteiger partial charge in [-0.1, -0.05) is 109 Å². The highest BCUT2D eigenvalue weighted by Crippen LogP contribution is 2.30. The maximum Gasteiger partial charge on any atom is 0.0366 e. The SMILES string of the molecule is CCN(CC)c1ccc(/C(=C/c2ccc(/C=C(\c3ccccc3)c3ccc(N(CC)CC)cc3)cc2)c2ccccc2)cc1. The van der Waals surface area contributed by atoms with Gasteiger partial charge in [0.25, 0.3) is 0 Å². The van der Waals surface area contributed by atoms with Crippen molar-refractivity contribution in [2.45, 2.75) is 27.7 Å². The van der Waals surface area contributed by atoms with E-state index < -0.39 is 0 Å². The molecule has 2 heteroatoms. The summed E-state index contributed by atoms with van der Waals surface area (Å²) in [6.45, 7) is 12.8. The minimum absolute atomic E-state index is 1.01. The second-order valence-corrected chi connectivity index (χ2v) is 11.0. The van der Waals surface area contributed by atoms with Crippen LogP contribution in [0.5, 0.6) is 0 Å². The van der Waals surface area contributed by atoms with Gasteiger partial charge in [0.15, 0.2) is 0 Å². The van der Waals surface area contributed by atoms with E-state index in [1.165, 1.54) is 55.9 Å². The molecule has 0 unspecified atom stereocenters. The lowest BCUT2D eigenvalue weighted by atomic mass is 9.94. The Morgan fingerprint density at radius 1 is 0.386 bits per heavy atom. The molecule has 0 aliphatic carbocycles. The quantitative estimate of drug-likeness (QED) is 0.136. The number of rotatable bonds is 12. The minimum Gasteiger partial charge on any atom is -0.372 e. The number of benzene rings is 5. The largest absolute Gasteiger partial charge is 0.372 e. The Labute approximate surface area is 264 Å². The van der Waals surface area contributed by atoms with Gasteiger partial charge in [0, 0.05) is 37.6 Å². The summed E-state index contributed by atoms with van der Waals surface area (Å²) in [5.41, 5.74) is 12.2. The molecule has 222 valence electrons. The topological polar surface area (TPSA) is 6.48 Å². The van der Waals surface area contributed by atoms with Gasteiger partial charge in [-0.05, 0) is 109 Å². The van der Waals surface area contributed by atoms with Crippen LogP contribution in [-0.4, -0.2) is 26.2 Å². The fourth-order valence-corrected chi connectivity index (χ4v) is 5.81. The smallest absolute Gasteiger partial charge is 0.0366 e. The van der Waals surface area contributed by atoms with Gasteiger partial charge >= 0.3 is 0 Å². The molecule has 5 aromatic rings. The van der Waals surface area contributed by atoms with Crippen molar-refractivity contribution >= 4 is 34.7 Å². The fourth-order valence-electron chi connectivity index (χ4n) is 5.81. The van der Waals surface area contributed by atoms with Crippen LogP contribution in [0.1, 0.15) is 61.1 Å². The lowest BCUT2D eigenvalue weighted by molar-refractivity contribution is 0.866. The number of nitrogens with zero attached hydrogens (tertiary/aromatic N) is 2. The van der Waals surface area contributed by atoms with Crippen LogP contribution in [-0.2, 0) is 0 Å². The lowest BCUT2D eigenvalue weighted by Gasteiger charge is -2.21. The summed E-state index contributed by atoms with van der Waals surface area (Å²) in [5, 5.41) is 0. The summed E-state index contributed by atoms with van der Waals surface area (Å²) in [6.07, 6.45) is 4.61. The highest BCUT2D eigenvalue weighted by atomic mass is 15.1. The first-order valence-corrected chi connectivity index (χ1v) is 16.0. The van der Waals surface area contributed by atoms with Crippen molar-refractivity contribution in [3.8, 4) is 0 Å². The Balaban J connectivity index is 1.49. The zero-order chi connectivity index (χ0) is 30.7. The van der Waals surface area contributed by atoms with Crippen molar-refractivity contribution < 1.29 is 0 Å². The van der Waals surface area contributed by atoms with Crippen LogP contribution in [0, 0.1) is 0 Å². The molecule has 44 heavy (non-hydrogen) atoms. The lowest BCUT2D eigenvalue weighted by Crippen LogP contribution is -2.21. The summed E-state index contributed by atoms with van der Waals surface area (Å²) in [6, 6.07) is 48.3. The maximum absolute atomic E-state index is 2.38. The molecule has 0 heterocycles. The van der Waals surface area contributed by atoms with Crippen LogP contribution in [0.25, 0.3) is 23.3 Å². The summed E-state index contributed by atoms with van der Waals surface area (Å²) >= 11 is 0.